The lowest BCUT2D eigenvalue weighted by Gasteiger charge is -2.41. The number of hydrogen-bond donors (Lipinski definition) is 0. The zero-order valence-corrected chi connectivity index (χ0v) is 14.0. The van der Waals surface area contributed by atoms with Crippen molar-refractivity contribution in [2.75, 3.05) is 27.2 Å². The number of rotatable bonds is 2. The van der Waals surface area contributed by atoms with Gasteiger partial charge in [0.2, 0.25) is 0 Å². The van der Waals surface area contributed by atoms with Crippen LogP contribution in [0.15, 0.2) is 12.1 Å². The van der Waals surface area contributed by atoms with Gasteiger partial charge in [-0.2, -0.15) is 0 Å². The fraction of sp³-hybridized carbons (Fsp3) is 0.588. The van der Waals surface area contributed by atoms with E-state index in [1.165, 1.54) is 6.07 Å². The van der Waals surface area contributed by atoms with Gasteiger partial charge in [-0.25, -0.2) is 4.39 Å². The van der Waals surface area contributed by atoms with Crippen molar-refractivity contribution in [1.29, 1.82) is 0 Å². The lowest BCUT2D eigenvalue weighted by molar-refractivity contribution is 0.0484. The molecule has 0 N–H and O–H groups in total. The van der Waals surface area contributed by atoms with Crippen LogP contribution in [0.4, 0.5) is 4.39 Å². The highest BCUT2D eigenvalue weighted by Crippen LogP contribution is 2.40. The summed E-state index contributed by atoms with van der Waals surface area (Å²) in [5, 5.41) is 0.243. The molecule has 22 heavy (non-hydrogen) atoms. The third-order valence-electron chi connectivity index (χ3n) is 5.17. The number of piperidine rings is 1. The molecule has 2 bridgehead atoms. The van der Waals surface area contributed by atoms with Crippen LogP contribution in [0, 0.1) is 24.6 Å². The van der Waals surface area contributed by atoms with E-state index in [4.69, 9.17) is 11.6 Å². The van der Waals surface area contributed by atoms with Gasteiger partial charge in [-0.1, -0.05) is 17.7 Å². The van der Waals surface area contributed by atoms with E-state index in [1.54, 1.807) is 17.9 Å². The first-order valence-corrected chi connectivity index (χ1v) is 8.18. The van der Waals surface area contributed by atoms with Crippen LogP contribution in [0.25, 0.3) is 0 Å². The number of nitrogens with zero attached hydrogens (tertiary/aromatic N) is 2. The Balaban J connectivity index is 1.85. The number of carbonyl (C=O) groups excluding carboxylic acids is 1. The number of benzene rings is 1. The van der Waals surface area contributed by atoms with Crippen LogP contribution in [0.5, 0.6) is 0 Å². The molecular weight excluding hydrogens is 303 g/mol. The lowest BCUT2D eigenvalue weighted by Crippen LogP contribution is -2.52. The van der Waals surface area contributed by atoms with E-state index in [0.717, 1.165) is 18.4 Å². The van der Waals surface area contributed by atoms with Crippen molar-refractivity contribution in [2.24, 2.45) is 11.8 Å². The highest BCUT2D eigenvalue weighted by atomic mass is 35.5. The largest absolute Gasteiger partial charge is 0.338 e. The van der Waals surface area contributed by atoms with Crippen LogP contribution in [-0.4, -0.2) is 48.9 Å². The molecule has 1 unspecified atom stereocenters. The van der Waals surface area contributed by atoms with Gasteiger partial charge in [0.25, 0.3) is 5.91 Å². The maximum atomic E-state index is 14.1. The molecule has 1 saturated carbocycles. The molecule has 1 aliphatic heterocycles. The normalized spacial score (nSPS) is 27.5. The fourth-order valence-corrected chi connectivity index (χ4v) is 4.45. The first-order valence-electron chi connectivity index (χ1n) is 7.80. The maximum absolute atomic E-state index is 14.1. The Hall–Kier alpha value is -1.13. The second kappa shape index (κ2) is 5.82. The number of halogens is 2. The number of fused-ring (bicyclic) bond motifs is 2. The Kier molecular flexibility index (Phi) is 4.17. The van der Waals surface area contributed by atoms with Crippen LogP contribution in [0.3, 0.4) is 0 Å². The average Bonchev–Trinajstić information content (AvgIpc) is 2.74. The van der Waals surface area contributed by atoms with Crippen LogP contribution >= 0.6 is 11.6 Å². The van der Waals surface area contributed by atoms with Gasteiger partial charge in [-0.05, 0) is 57.3 Å². The monoisotopic (exact) mass is 324 g/mol. The van der Waals surface area contributed by atoms with E-state index in [1.807, 2.05) is 0 Å². The summed E-state index contributed by atoms with van der Waals surface area (Å²) in [5.41, 5.74) is 0.766. The summed E-state index contributed by atoms with van der Waals surface area (Å²) in [6.45, 7) is 3.18. The second-order valence-electron chi connectivity index (χ2n) is 6.82. The summed E-state index contributed by atoms with van der Waals surface area (Å²) in [7, 11) is 4.20. The number of aryl methyl sites for hydroxylation is 1. The van der Waals surface area contributed by atoms with E-state index < -0.39 is 5.82 Å². The Morgan fingerprint density at radius 3 is 2.41 bits per heavy atom. The van der Waals surface area contributed by atoms with Gasteiger partial charge < -0.3 is 9.80 Å². The number of likely N-dealkylation sites (tertiary alicyclic amines) is 1. The lowest BCUT2D eigenvalue weighted by atomic mass is 9.90. The summed E-state index contributed by atoms with van der Waals surface area (Å²) in [4.78, 5) is 16.8. The SMILES string of the molecule is Cc1ccc(F)c(C(=O)N2C[C@H]3CC[C@@H](C2)C3N(C)C)c1Cl. The Labute approximate surface area is 136 Å². The molecule has 1 amide bonds. The Morgan fingerprint density at radius 1 is 1.27 bits per heavy atom. The van der Waals surface area contributed by atoms with E-state index in [0.29, 0.717) is 31.0 Å². The molecule has 0 spiro atoms. The molecule has 1 aromatic carbocycles. The Bertz CT molecular complexity index is 591. The average molecular weight is 325 g/mol. The smallest absolute Gasteiger partial charge is 0.258 e. The van der Waals surface area contributed by atoms with Gasteiger partial charge in [0.05, 0.1) is 10.6 Å². The van der Waals surface area contributed by atoms with Crippen molar-refractivity contribution < 1.29 is 9.18 Å². The van der Waals surface area contributed by atoms with Gasteiger partial charge in [-0.3, -0.25) is 4.79 Å². The topological polar surface area (TPSA) is 23.6 Å². The number of hydrogen-bond acceptors (Lipinski definition) is 2. The molecular formula is C17H22ClFN2O. The first kappa shape index (κ1) is 15.8. The van der Waals surface area contributed by atoms with Gasteiger partial charge in [0.15, 0.2) is 0 Å². The van der Waals surface area contributed by atoms with E-state index in [-0.39, 0.29) is 16.5 Å². The van der Waals surface area contributed by atoms with Crippen LogP contribution in [-0.2, 0) is 0 Å². The van der Waals surface area contributed by atoms with Crippen LogP contribution in [0.2, 0.25) is 5.02 Å². The van der Waals surface area contributed by atoms with Gasteiger partial charge >= 0.3 is 0 Å². The summed E-state index contributed by atoms with van der Waals surface area (Å²) in [5.74, 6) is 0.164. The minimum absolute atomic E-state index is 0.0318. The Morgan fingerprint density at radius 2 is 1.86 bits per heavy atom. The molecule has 0 radical (unpaired) electrons. The summed E-state index contributed by atoms with van der Waals surface area (Å²) >= 11 is 6.18. The van der Waals surface area contributed by atoms with Crippen molar-refractivity contribution in [3.8, 4) is 0 Å². The predicted octanol–water partition coefficient (Wildman–Crippen LogP) is 3.20. The first-order chi connectivity index (χ1) is 10.4. The van der Waals surface area contributed by atoms with Crippen molar-refractivity contribution in [2.45, 2.75) is 25.8 Å². The van der Waals surface area contributed by atoms with Crippen molar-refractivity contribution >= 4 is 17.5 Å². The number of amides is 1. The standard InChI is InChI=1S/C17H22ClFN2O/c1-10-4-7-13(19)14(15(10)18)17(22)21-8-11-5-6-12(9-21)16(11)20(2)3/h4,7,11-12,16H,5-6,8-9H2,1-3H3/t11-,12+,16?. The molecule has 0 aromatic heterocycles. The minimum Gasteiger partial charge on any atom is -0.338 e. The highest BCUT2D eigenvalue weighted by Gasteiger charge is 2.44. The quantitative estimate of drug-likeness (QED) is 0.834. The molecule has 5 heteroatoms. The molecule has 1 saturated heterocycles. The van der Waals surface area contributed by atoms with Crippen LogP contribution < -0.4 is 0 Å². The second-order valence-corrected chi connectivity index (χ2v) is 7.19. The van der Waals surface area contributed by atoms with E-state index in [9.17, 15) is 9.18 Å². The van der Waals surface area contributed by atoms with Crippen molar-refractivity contribution in [1.82, 2.24) is 9.80 Å². The number of carbonyl (C=O) groups is 1. The highest BCUT2D eigenvalue weighted by molar-refractivity contribution is 6.34. The van der Waals surface area contributed by atoms with Crippen LogP contribution in [0.1, 0.15) is 28.8 Å². The molecule has 2 fully saturated rings. The van der Waals surface area contributed by atoms with Crippen molar-refractivity contribution in [3.63, 3.8) is 0 Å². The molecule has 3 rings (SSSR count). The third-order valence-corrected chi connectivity index (χ3v) is 5.65. The summed E-state index contributed by atoms with van der Waals surface area (Å²) in [6, 6.07) is 3.47. The fourth-order valence-electron chi connectivity index (χ4n) is 4.21. The molecule has 1 heterocycles. The molecule has 2 aliphatic rings. The molecule has 3 atom stereocenters. The maximum Gasteiger partial charge on any atom is 0.258 e. The zero-order chi connectivity index (χ0) is 16.0. The summed E-state index contributed by atoms with van der Waals surface area (Å²) in [6.07, 6.45) is 2.28. The molecule has 120 valence electrons. The van der Waals surface area contributed by atoms with Gasteiger partial charge in [0.1, 0.15) is 5.82 Å². The molecule has 1 aliphatic carbocycles. The van der Waals surface area contributed by atoms with Gasteiger partial charge in [0, 0.05) is 19.1 Å². The predicted molar refractivity (Wildman–Crippen MR) is 85.7 cm³/mol. The van der Waals surface area contributed by atoms with E-state index >= 15 is 0 Å². The zero-order valence-electron chi connectivity index (χ0n) is 13.3. The molecule has 3 nitrogen and oxygen atoms in total. The summed E-state index contributed by atoms with van der Waals surface area (Å²) < 4.78 is 14.1. The van der Waals surface area contributed by atoms with E-state index in [2.05, 4.69) is 19.0 Å². The van der Waals surface area contributed by atoms with Gasteiger partial charge in [-0.15, -0.1) is 0 Å². The molecule has 1 aromatic rings. The minimum atomic E-state index is -0.525. The van der Waals surface area contributed by atoms with Crippen molar-refractivity contribution in [3.05, 3.63) is 34.1 Å². The third kappa shape index (κ3) is 2.52.